The molecule has 0 saturated heterocycles. The van der Waals surface area contributed by atoms with Crippen LogP contribution in [-0.4, -0.2) is 19.1 Å². The third-order valence-electron chi connectivity index (χ3n) is 7.93. The highest BCUT2D eigenvalue weighted by atomic mass is 127. The third-order valence-corrected chi connectivity index (χ3v) is 9.40. The summed E-state index contributed by atoms with van der Waals surface area (Å²) < 4.78 is 14.2. The fourth-order valence-electron chi connectivity index (χ4n) is 6.15. The molecule has 0 atom stereocenters. The quantitative estimate of drug-likeness (QED) is 0.195. The SMILES string of the molecule is Cc1cc(-n2c3ccccc3c3ncccc32)ccc1-c1ccc(-n2c3ccccc3c3ncccc32)cc1I=N. The molecule has 41 heavy (non-hydrogen) atoms. The smallest absolute Gasteiger partial charge is 0.0963 e. The number of nitrogens with zero attached hydrogens (tertiary/aromatic N) is 4. The van der Waals surface area contributed by atoms with Gasteiger partial charge in [0.25, 0.3) is 0 Å². The molecule has 0 amide bonds. The lowest BCUT2D eigenvalue weighted by molar-refractivity contribution is 1.16. The Bertz CT molecular complexity index is 2200. The van der Waals surface area contributed by atoms with Gasteiger partial charge in [0.2, 0.25) is 0 Å². The van der Waals surface area contributed by atoms with E-state index in [1.54, 1.807) is 0 Å². The molecule has 4 heterocycles. The molecule has 8 rings (SSSR count). The first-order valence-corrected chi connectivity index (χ1v) is 15.6. The van der Waals surface area contributed by atoms with Crippen molar-refractivity contribution in [3.63, 3.8) is 0 Å². The van der Waals surface area contributed by atoms with Gasteiger partial charge in [0.1, 0.15) is 0 Å². The minimum Gasteiger partial charge on any atom is -0.308 e. The molecule has 196 valence electrons. The number of nitrogens with one attached hydrogen (secondary N) is 1. The van der Waals surface area contributed by atoms with Crippen molar-refractivity contribution >= 4 is 64.9 Å². The van der Waals surface area contributed by atoms with Gasteiger partial charge in [0, 0.05) is 59.1 Å². The van der Waals surface area contributed by atoms with Gasteiger partial charge in [-0.05, 0) is 84.3 Å². The van der Waals surface area contributed by atoms with E-state index in [-0.39, 0.29) is 0 Å². The molecule has 0 radical (unpaired) electrons. The van der Waals surface area contributed by atoms with Crippen LogP contribution < -0.4 is 0 Å². The molecule has 1 N–H and O–H groups in total. The van der Waals surface area contributed by atoms with Crippen molar-refractivity contribution in [3.8, 4) is 22.5 Å². The fourth-order valence-corrected chi connectivity index (χ4v) is 7.39. The number of hydrogen-bond donors (Lipinski definition) is 1. The monoisotopic (exact) mass is 641 g/mol. The molecule has 0 spiro atoms. The minimum absolute atomic E-state index is 0.918. The van der Waals surface area contributed by atoms with Crippen molar-refractivity contribution in [2.24, 2.45) is 0 Å². The molecule has 0 fully saturated rings. The van der Waals surface area contributed by atoms with Gasteiger partial charge >= 0.3 is 0 Å². The van der Waals surface area contributed by atoms with Crippen molar-refractivity contribution in [2.45, 2.75) is 6.92 Å². The summed E-state index contributed by atoms with van der Waals surface area (Å²) in [6.45, 7) is 2.17. The van der Waals surface area contributed by atoms with Crippen LogP contribution in [0, 0.1) is 14.1 Å². The van der Waals surface area contributed by atoms with E-state index in [4.69, 9.17) is 3.56 Å². The molecule has 0 aliphatic rings. The number of fused-ring (bicyclic) bond motifs is 6. The topological polar surface area (TPSA) is 59.5 Å². The summed E-state index contributed by atoms with van der Waals surface area (Å²) in [6.07, 6.45) is 3.71. The van der Waals surface area contributed by atoms with Crippen molar-refractivity contribution in [1.29, 1.82) is 3.56 Å². The van der Waals surface area contributed by atoms with Crippen molar-refractivity contribution in [2.75, 3.05) is 0 Å². The molecule has 8 aromatic rings. The van der Waals surface area contributed by atoms with Crippen LogP contribution in [0.5, 0.6) is 0 Å². The summed E-state index contributed by atoms with van der Waals surface area (Å²) >= 11 is -0.918. The molecule has 4 aromatic carbocycles. The van der Waals surface area contributed by atoms with Crippen LogP contribution in [0.2, 0.25) is 0 Å². The van der Waals surface area contributed by atoms with Crippen LogP contribution in [0.25, 0.3) is 66.4 Å². The molecule has 0 aliphatic carbocycles. The second-order valence-electron chi connectivity index (χ2n) is 10.2. The van der Waals surface area contributed by atoms with Gasteiger partial charge in [-0.1, -0.05) is 48.5 Å². The first kappa shape index (κ1) is 24.1. The lowest BCUT2D eigenvalue weighted by Crippen LogP contribution is -1.98. The zero-order valence-corrected chi connectivity index (χ0v) is 24.4. The van der Waals surface area contributed by atoms with E-state index in [1.165, 1.54) is 11.1 Å². The summed E-state index contributed by atoms with van der Waals surface area (Å²) in [5.41, 5.74) is 12.2. The van der Waals surface area contributed by atoms with Gasteiger partial charge in [-0.3, -0.25) is 13.5 Å². The van der Waals surface area contributed by atoms with Crippen LogP contribution in [0.4, 0.5) is 0 Å². The van der Waals surface area contributed by atoms with Gasteiger partial charge in [0.05, 0.1) is 33.1 Å². The molecule has 0 aliphatic heterocycles. The number of benzene rings is 4. The summed E-state index contributed by atoms with van der Waals surface area (Å²) in [5.74, 6) is 0. The molecule has 4 aromatic heterocycles. The van der Waals surface area contributed by atoms with E-state index >= 15 is 0 Å². The standard InChI is InChI=1S/C35H24IN5/c1-22-20-23(40-30-10-4-2-8-27(30)34-32(40)12-6-18-38-34)14-16-25(22)26-17-15-24(21-29(26)36-37)41-31-11-5-3-9-28(31)35-33(41)13-7-19-39-35/h2-21,37H,1H3. The van der Waals surface area contributed by atoms with E-state index in [1.807, 2.05) is 24.5 Å². The van der Waals surface area contributed by atoms with Crippen LogP contribution in [0.3, 0.4) is 0 Å². The summed E-state index contributed by atoms with van der Waals surface area (Å²) in [6, 6.07) is 38.4. The van der Waals surface area contributed by atoms with Crippen molar-refractivity contribution < 1.29 is 0 Å². The number of rotatable bonds is 4. The Hall–Kier alpha value is -4.69. The molecule has 0 bridgehead atoms. The first-order chi connectivity index (χ1) is 20.2. The van der Waals surface area contributed by atoms with Gasteiger partial charge in [-0.15, -0.1) is 0 Å². The van der Waals surface area contributed by atoms with Gasteiger partial charge in [0.15, 0.2) is 0 Å². The second-order valence-corrected chi connectivity index (χ2v) is 11.9. The molecule has 0 saturated carbocycles. The van der Waals surface area contributed by atoms with Crippen LogP contribution in [0.15, 0.2) is 122 Å². The number of aryl methyl sites for hydroxylation is 1. The molecule has 6 heteroatoms. The van der Waals surface area contributed by atoms with E-state index in [9.17, 15) is 0 Å². The Morgan fingerprint density at radius 2 is 1.07 bits per heavy atom. The maximum absolute atomic E-state index is 8.57. The van der Waals surface area contributed by atoms with Crippen LogP contribution in [-0.2, 0) is 0 Å². The molecular formula is C35H24IN5. The normalized spacial score (nSPS) is 11.7. The Morgan fingerprint density at radius 1 is 0.561 bits per heavy atom. The van der Waals surface area contributed by atoms with E-state index in [0.717, 1.165) is 64.4 Å². The average molecular weight is 642 g/mol. The maximum atomic E-state index is 8.57. The minimum atomic E-state index is -0.918. The van der Waals surface area contributed by atoms with E-state index in [0.29, 0.717) is 0 Å². The second kappa shape index (κ2) is 9.45. The highest BCUT2D eigenvalue weighted by Gasteiger charge is 2.17. The molecular weight excluding hydrogens is 617 g/mol. The van der Waals surface area contributed by atoms with Gasteiger partial charge in [-0.25, -0.2) is 0 Å². The summed E-state index contributed by atoms with van der Waals surface area (Å²) in [7, 11) is 0. The maximum Gasteiger partial charge on any atom is 0.0963 e. The van der Waals surface area contributed by atoms with E-state index in [2.05, 4.69) is 123 Å². The predicted molar refractivity (Wildman–Crippen MR) is 176 cm³/mol. The highest BCUT2D eigenvalue weighted by Crippen LogP contribution is 2.37. The van der Waals surface area contributed by atoms with Crippen molar-refractivity contribution in [1.82, 2.24) is 19.1 Å². The average Bonchev–Trinajstić information content (AvgIpc) is 3.54. The number of hydrogen-bond acceptors (Lipinski definition) is 3. The Balaban J connectivity index is 1.27. The summed E-state index contributed by atoms with van der Waals surface area (Å²) in [4.78, 5) is 9.37. The van der Waals surface area contributed by atoms with Gasteiger partial charge < -0.3 is 9.13 Å². The number of aromatic nitrogens is 4. The Morgan fingerprint density at radius 3 is 1.63 bits per heavy atom. The Labute approximate surface area is 246 Å². The number of pyridine rings is 2. The zero-order chi connectivity index (χ0) is 27.5. The van der Waals surface area contributed by atoms with Gasteiger partial charge in [-0.2, -0.15) is 0 Å². The first-order valence-electron chi connectivity index (χ1n) is 13.5. The Kier molecular flexibility index (Phi) is 5.56. The molecule has 0 unspecified atom stereocenters. The number of halogens is 1. The third kappa shape index (κ3) is 3.67. The predicted octanol–water partition coefficient (Wildman–Crippen LogP) is 9.55. The fraction of sp³-hybridized carbons (Fsp3) is 0.0286. The van der Waals surface area contributed by atoms with Crippen LogP contribution in [0.1, 0.15) is 5.56 Å². The zero-order valence-electron chi connectivity index (χ0n) is 22.2. The lowest BCUT2D eigenvalue weighted by Gasteiger charge is -2.15. The van der Waals surface area contributed by atoms with Crippen molar-refractivity contribution in [3.05, 3.63) is 131 Å². The largest absolute Gasteiger partial charge is 0.308 e. The summed E-state index contributed by atoms with van der Waals surface area (Å²) in [5, 5.41) is 2.29. The lowest BCUT2D eigenvalue weighted by atomic mass is 9.99. The highest BCUT2D eigenvalue weighted by molar-refractivity contribution is 14.2. The van der Waals surface area contributed by atoms with Crippen LogP contribution >= 0.6 is 21.0 Å². The molecule has 5 nitrogen and oxygen atoms in total. The number of para-hydroxylation sites is 2. The van der Waals surface area contributed by atoms with E-state index < -0.39 is 21.0 Å².